The number of hydrogen-bond donors (Lipinski definition) is 1. The van der Waals surface area contributed by atoms with Crippen molar-refractivity contribution in [2.75, 3.05) is 18.4 Å². The second-order valence-corrected chi connectivity index (χ2v) is 4.49. The molecule has 1 aromatic rings. The predicted octanol–water partition coefficient (Wildman–Crippen LogP) is 2.89. The van der Waals surface area contributed by atoms with Crippen LogP contribution in [-0.2, 0) is 0 Å². The molecule has 1 aliphatic heterocycles. The number of nitro benzene ring substituents is 1. The molecule has 6 nitrogen and oxygen atoms in total. The Balaban J connectivity index is 2.25. The Morgan fingerprint density at radius 1 is 1.25 bits per heavy atom. The maximum Gasteiger partial charge on any atom is 0.322 e. The lowest BCUT2D eigenvalue weighted by atomic mass is 10.1. The number of nitro groups is 1. The summed E-state index contributed by atoms with van der Waals surface area (Å²) in [6, 6.07) is 0.825. The summed E-state index contributed by atoms with van der Waals surface area (Å²) < 4.78 is 26.8. The molecule has 1 N–H and O–H groups in total. The highest BCUT2D eigenvalue weighted by molar-refractivity contribution is 5.92. The molecule has 2 amide bonds. The van der Waals surface area contributed by atoms with Crippen LogP contribution >= 0.6 is 0 Å². The average molecular weight is 285 g/mol. The van der Waals surface area contributed by atoms with E-state index >= 15 is 0 Å². The highest BCUT2D eigenvalue weighted by atomic mass is 19.2. The highest BCUT2D eigenvalue weighted by Crippen LogP contribution is 2.29. The molecule has 0 radical (unpaired) electrons. The number of anilines is 1. The summed E-state index contributed by atoms with van der Waals surface area (Å²) in [7, 11) is 0. The van der Waals surface area contributed by atoms with E-state index in [4.69, 9.17) is 0 Å². The van der Waals surface area contributed by atoms with E-state index in [9.17, 15) is 23.7 Å². The molecule has 0 aliphatic carbocycles. The zero-order chi connectivity index (χ0) is 14.7. The first-order valence-electron chi connectivity index (χ1n) is 6.19. The van der Waals surface area contributed by atoms with E-state index in [0.29, 0.717) is 19.2 Å². The third-order valence-corrected chi connectivity index (χ3v) is 3.14. The molecule has 2 rings (SSSR count). The lowest BCUT2D eigenvalue weighted by Crippen LogP contribution is -2.39. The van der Waals surface area contributed by atoms with Crippen LogP contribution < -0.4 is 5.32 Å². The van der Waals surface area contributed by atoms with Crippen LogP contribution in [0.3, 0.4) is 0 Å². The van der Waals surface area contributed by atoms with E-state index in [-0.39, 0.29) is 0 Å². The molecular weight excluding hydrogens is 272 g/mol. The molecule has 0 spiro atoms. The summed E-state index contributed by atoms with van der Waals surface area (Å²) in [5.41, 5.74) is -1.40. The molecule has 1 aromatic carbocycles. The normalized spacial score (nSPS) is 15.0. The number of nitrogens with zero attached hydrogens (tertiary/aromatic N) is 2. The van der Waals surface area contributed by atoms with Gasteiger partial charge in [0.25, 0.3) is 5.69 Å². The number of carbonyl (C=O) groups excluding carboxylic acids is 1. The molecule has 1 fully saturated rings. The van der Waals surface area contributed by atoms with Crippen molar-refractivity contribution < 1.29 is 18.5 Å². The van der Waals surface area contributed by atoms with E-state index in [1.807, 2.05) is 0 Å². The molecule has 0 bridgehead atoms. The van der Waals surface area contributed by atoms with Gasteiger partial charge in [0.05, 0.1) is 4.92 Å². The summed E-state index contributed by atoms with van der Waals surface area (Å²) in [5.74, 6) is -2.67. The van der Waals surface area contributed by atoms with Crippen molar-refractivity contribution in [3.63, 3.8) is 0 Å². The van der Waals surface area contributed by atoms with Crippen molar-refractivity contribution in [1.29, 1.82) is 0 Å². The smallest absolute Gasteiger partial charge is 0.322 e. The standard InChI is InChI=1S/C12H13F2N3O3/c13-8-4-5-9(17(19)20)11(10(8)14)15-12(18)16-6-2-1-3-7-16/h4-5H,1-3,6-7H2,(H,15,18). The average Bonchev–Trinajstić information content (AvgIpc) is 2.44. The summed E-state index contributed by atoms with van der Waals surface area (Å²) in [6.45, 7) is 0.993. The van der Waals surface area contributed by atoms with Gasteiger partial charge >= 0.3 is 6.03 Å². The second-order valence-electron chi connectivity index (χ2n) is 4.49. The quantitative estimate of drug-likeness (QED) is 0.670. The first-order chi connectivity index (χ1) is 9.50. The van der Waals surface area contributed by atoms with E-state index in [1.54, 1.807) is 0 Å². The molecule has 0 unspecified atom stereocenters. The van der Waals surface area contributed by atoms with Gasteiger partial charge in [0.1, 0.15) is 0 Å². The Bertz CT molecular complexity index is 545. The van der Waals surface area contributed by atoms with Gasteiger partial charge in [-0.05, 0) is 25.3 Å². The summed E-state index contributed by atoms with van der Waals surface area (Å²) in [6.07, 6.45) is 2.64. The van der Waals surface area contributed by atoms with Gasteiger partial charge in [-0.15, -0.1) is 0 Å². The molecule has 108 valence electrons. The summed E-state index contributed by atoms with van der Waals surface area (Å²) in [4.78, 5) is 23.3. The molecule has 1 saturated heterocycles. The number of nitrogens with one attached hydrogen (secondary N) is 1. The van der Waals surface area contributed by atoms with Crippen LogP contribution in [0.15, 0.2) is 12.1 Å². The fourth-order valence-electron chi connectivity index (χ4n) is 2.09. The van der Waals surface area contributed by atoms with Gasteiger partial charge in [-0.25, -0.2) is 13.6 Å². The van der Waals surface area contributed by atoms with Gasteiger partial charge in [-0.2, -0.15) is 0 Å². The van der Waals surface area contributed by atoms with Crippen molar-refractivity contribution in [2.45, 2.75) is 19.3 Å². The fraction of sp³-hybridized carbons (Fsp3) is 0.417. The minimum Gasteiger partial charge on any atom is -0.325 e. The van der Waals surface area contributed by atoms with Crippen LogP contribution in [0.5, 0.6) is 0 Å². The van der Waals surface area contributed by atoms with Crippen molar-refractivity contribution >= 4 is 17.4 Å². The molecule has 0 saturated carbocycles. The van der Waals surface area contributed by atoms with E-state index in [2.05, 4.69) is 5.32 Å². The number of likely N-dealkylation sites (tertiary alicyclic amines) is 1. The summed E-state index contributed by atoms with van der Waals surface area (Å²) in [5, 5.41) is 12.9. The third kappa shape index (κ3) is 2.84. The van der Waals surface area contributed by atoms with Crippen molar-refractivity contribution in [3.05, 3.63) is 33.9 Å². The van der Waals surface area contributed by atoms with Gasteiger partial charge < -0.3 is 4.90 Å². The fourth-order valence-corrected chi connectivity index (χ4v) is 2.09. The zero-order valence-corrected chi connectivity index (χ0v) is 10.6. The zero-order valence-electron chi connectivity index (χ0n) is 10.6. The van der Waals surface area contributed by atoms with E-state index in [1.165, 1.54) is 4.90 Å². The number of benzene rings is 1. The van der Waals surface area contributed by atoms with Crippen LogP contribution in [0.2, 0.25) is 0 Å². The summed E-state index contributed by atoms with van der Waals surface area (Å²) >= 11 is 0. The second kappa shape index (κ2) is 5.81. The molecule has 1 aliphatic rings. The first-order valence-corrected chi connectivity index (χ1v) is 6.19. The van der Waals surface area contributed by atoms with Gasteiger partial charge in [0, 0.05) is 19.2 Å². The number of rotatable bonds is 2. The maximum absolute atomic E-state index is 13.6. The Hall–Kier alpha value is -2.25. The molecule has 1 heterocycles. The van der Waals surface area contributed by atoms with E-state index < -0.39 is 34.0 Å². The van der Waals surface area contributed by atoms with Crippen LogP contribution in [0.4, 0.5) is 25.0 Å². The van der Waals surface area contributed by atoms with Gasteiger partial charge in [-0.1, -0.05) is 0 Å². The lowest BCUT2D eigenvalue weighted by molar-refractivity contribution is -0.384. The minimum atomic E-state index is -1.43. The number of urea groups is 1. The van der Waals surface area contributed by atoms with Crippen molar-refractivity contribution in [2.24, 2.45) is 0 Å². The predicted molar refractivity (Wildman–Crippen MR) is 67.5 cm³/mol. The number of carbonyl (C=O) groups is 1. The highest BCUT2D eigenvalue weighted by Gasteiger charge is 2.25. The number of amides is 2. The van der Waals surface area contributed by atoms with Gasteiger partial charge in [0.2, 0.25) is 0 Å². The Kier molecular flexibility index (Phi) is 4.11. The molecular formula is C12H13F2N3O3. The molecule has 0 aromatic heterocycles. The Morgan fingerprint density at radius 3 is 2.50 bits per heavy atom. The number of hydrogen-bond acceptors (Lipinski definition) is 3. The minimum absolute atomic E-state index is 0.497. The Morgan fingerprint density at radius 2 is 1.90 bits per heavy atom. The van der Waals surface area contributed by atoms with Crippen molar-refractivity contribution in [1.82, 2.24) is 4.90 Å². The van der Waals surface area contributed by atoms with Crippen LogP contribution in [0.25, 0.3) is 0 Å². The van der Waals surface area contributed by atoms with Crippen LogP contribution in [0.1, 0.15) is 19.3 Å². The largest absolute Gasteiger partial charge is 0.325 e. The van der Waals surface area contributed by atoms with Gasteiger partial charge in [-0.3, -0.25) is 15.4 Å². The van der Waals surface area contributed by atoms with Crippen molar-refractivity contribution in [3.8, 4) is 0 Å². The van der Waals surface area contributed by atoms with Crippen LogP contribution in [0, 0.1) is 21.7 Å². The Labute approximate surface area is 113 Å². The first kappa shape index (κ1) is 14.2. The SMILES string of the molecule is O=C(Nc1c([N+](=O)[O-])ccc(F)c1F)N1CCCCC1. The topological polar surface area (TPSA) is 75.5 Å². The number of piperidine rings is 1. The molecule has 0 atom stereocenters. The number of halogens is 2. The molecule has 8 heteroatoms. The van der Waals surface area contributed by atoms with E-state index in [0.717, 1.165) is 25.3 Å². The third-order valence-electron chi connectivity index (χ3n) is 3.14. The lowest BCUT2D eigenvalue weighted by Gasteiger charge is -2.26. The van der Waals surface area contributed by atoms with Crippen LogP contribution in [-0.4, -0.2) is 28.9 Å². The maximum atomic E-state index is 13.6. The molecule has 20 heavy (non-hydrogen) atoms. The monoisotopic (exact) mass is 285 g/mol. The van der Waals surface area contributed by atoms with Gasteiger partial charge in [0.15, 0.2) is 17.3 Å².